The van der Waals surface area contributed by atoms with E-state index in [0.717, 1.165) is 11.3 Å². The van der Waals surface area contributed by atoms with Gasteiger partial charge in [0.1, 0.15) is 0 Å². The molecule has 5 N–H and O–H groups in total. The van der Waals surface area contributed by atoms with E-state index in [0.29, 0.717) is 12.3 Å². The first kappa shape index (κ1) is 16.9. The SMILES string of the molecule is Cc1cccc(C(N)c2cccc(NC[C@@H](N)CS)c2)c1C. The van der Waals surface area contributed by atoms with Crippen LogP contribution >= 0.6 is 12.6 Å². The van der Waals surface area contributed by atoms with Crippen LogP contribution in [0, 0.1) is 13.8 Å². The standard InChI is InChI=1S/C18H25N3S/c1-12-5-3-8-17(13(12)2)18(20)14-6-4-7-16(9-14)21-10-15(19)11-22/h3-9,15,18,21-22H,10-11,19-20H2,1-2H3/t15-,18?/m1/s1. The van der Waals surface area contributed by atoms with Gasteiger partial charge in [0, 0.05) is 24.0 Å². The third-order valence-corrected chi connectivity index (χ3v) is 4.50. The summed E-state index contributed by atoms with van der Waals surface area (Å²) < 4.78 is 0. The summed E-state index contributed by atoms with van der Waals surface area (Å²) in [7, 11) is 0. The third-order valence-electron chi connectivity index (χ3n) is 4.03. The van der Waals surface area contributed by atoms with Gasteiger partial charge < -0.3 is 16.8 Å². The molecule has 0 aliphatic heterocycles. The van der Waals surface area contributed by atoms with Crippen molar-refractivity contribution in [1.29, 1.82) is 0 Å². The molecule has 0 fully saturated rings. The van der Waals surface area contributed by atoms with E-state index in [4.69, 9.17) is 11.5 Å². The lowest BCUT2D eigenvalue weighted by Crippen LogP contribution is -2.30. The second-order valence-electron chi connectivity index (χ2n) is 5.72. The summed E-state index contributed by atoms with van der Waals surface area (Å²) in [5.41, 5.74) is 18.2. The largest absolute Gasteiger partial charge is 0.383 e. The molecule has 2 atom stereocenters. The Kier molecular flexibility index (Phi) is 5.89. The molecule has 4 heteroatoms. The summed E-state index contributed by atoms with van der Waals surface area (Å²) >= 11 is 4.20. The van der Waals surface area contributed by atoms with E-state index < -0.39 is 0 Å². The van der Waals surface area contributed by atoms with E-state index in [1.807, 2.05) is 12.1 Å². The number of benzene rings is 2. The Morgan fingerprint density at radius 3 is 2.55 bits per heavy atom. The summed E-state index contributed by atoms with van der Waals surface area (Å²) in [5.74, 6) is 0.661. The number of hydrogen-bond donors (Lipinski definition) is 4. The van der Waals surface area contributed by atoms with E-state index in [1.165, 1.54) is 16.7 Å². The molecule has 2 rings (SSSR count). The first-order valence-corrected chi connectivity index (χ1v) is 8.18. The number of thiol groups is 1. The average Bonchev–Trinajstić information content (AvgIpc) is 2.54. The number of aryl methyl sites for hydroxylation is 1. The summed E-state index contributed by atoms with van der Waals surface area (Å²) in [6.07, 6.45) is 0. The maximum Gasteiger partial charge on any atom is 0.0555 e. The molecule has 0 saturated carbocycles. The molecule has 2 aromatic rings. The van der Waals surface area contributed by atoms with Gasteiger partial charge in [-0.1, -0.05) is 30.3 Å². The average molecular weight is 315 g/mol. The summed E-state index contributed by atoms with van der Waals surface area (Å²) in [4.78, 5) is 0. The Labute approximate surface area is 138 Å². The second kappa shape index (κ2) is 7.68. The van der Waals surface area contributed by atoms with Gasteiger partial charge in [0.05, 0.1) is 6.04 Å². The van der Waals surface area contributed by atoms with E-state index in [9.17, 15) is 0 Å². The third kappa shape index (κ3) is 4.03. The minimum atomic E-state index is -0.125. The Hall–Kier alpha value is -1.49. The lowest BCUT2D eigenvalue weighted by Gasteiger charge is -2.18. The molecule has 22 heavy (non-hydrogen) atoms. The fourth-order valence-electron chi connectivity index (χ4n) is 2.45. The number of hydrogen-bond acceptors (Lipinski definition) is 4. The van der Waals surface area contributed by atoms with Gasteiger partial charge in [-0.2, -0.15) is 12.6 Å². The highest BCUT2D eigenvalue weighted by atomic mass is 32.1. The summed E-state index contributed by atoms with van der Waals surface area (Å²) in [5, 5.41) is 3.34. The Balaban J connectivity index is 2.19. The Morgan fingerprint density at radius 2 is 1.82 bits per heavy atom. The van der Waals surface area contributed by atoms with Crippen LogP contribution in [0.5, 0.6) is 0 Å². The van der Waals surface area contributed by atoms with E-state index in [2.05, 4.69) is 62.1 Å². The molecule has 3 nitrogen and oxygen atoms in total. The van der Waals surface area contributed by atoms with Gasteiger partial charge in [-0.25, -0.2) is 0 Å². The molecular formula is C18H25N3S. The Bertz CT molecular complexity index is 627. The number of rotatable bonds is 6. The molecule has 2 aromatic carbocycles. The van der Waals surface area contributed by atoms with Gasteiger partial charge in [0.25, 0.3) is 0 Å². The Morgan fingerprint density at radius 1 is 1.09 bits per heavy atom. The molecule has 0 aliphatic rings. The van der Waals surface area contributed by atoms with Crippen LogP contribution in [0.4, 0.5) is 5.69 Å². The molecule has 1 unspecified atom stereocenters. The van der Waals surface area contributed by atoms with Crippen molar-refractivity contribution in [1.82, 2.24) is 0 Å². The highest BCUT2D eigenvalue weighted by Gasteiger charge is 2.13. The number of anilines is 1. The van der Waals surface area contributed by atoms with Crippen molar-refractivity contribution in [2.75, 3.05) is 17.6 Å². The highest BCUT2D eigenvalue weighted by Crippen LogP contribution is 2.26. The highest BCUT2D eigenvalue weighted by molar-refractivity contribution is 7.80. The minimum Gasteiger partial charge on any atom is -0.383 e. The zero-order valence-electron chi connectivity index (χ0n) is 13.2. The molecule has 0 saturated heterocycles. The van der Waals surface area contributed by atoms with E-state index >= 15 is 0 Å². The zero-order valence-corrected chi connectivity index (χ0v) is 14.1. The first-order chi connectivity index (χ1) is 10.5. The van der Waals surface area contributed by atoms with Gasteiger partial charge in [-0.3, -0.25) is 0 Å². The lowest BCUT2D eigenvalue weighted by atomic mass is 9.93. The fraction of sp³-hybridized carbons (Fsp3) is 0.333. The van der Waals surface area contributed by atoms with Crippen molar-refractivity contribution >= 4 is 18.3 Å². The summed E-state index contributed by atoms with van der Waals surface area (Å²) in [6, 6.07) is 14.4. The van der Waals surface area contributed by atoms with Crippen LogP contribution in [0.15, 0.2) is 42.5 Å². The predicted octanol–water partition coefficient (Wildman–Crippen LogP) is 3.02. The summed E-state index contributed by atoms with van der Waals surface area (Å²) in [6.45, 7) is 4.94. The maximum atomic E-state index is 6.47. The predicted molar refractivity (Wildman–Crippen MR) is 98.7 cm³/mol. The molecule has 0 radical (unpaired) electrons. The molecular weight excluding hydrogens is 290 g/mol. The quantitative estimate of drug-likeness (QED) is 0.620. The normalized spacial score (nSPS) is 13.7. The maximum absolute atomic E-state index is 6.47. The van der Waals surface area contributed by atoms with Crippen molar-refractivity contribution in [2.45, 2.75) is 25.9 Å². The van der Waals surface area contributed by atoms with Crippen LogP contribution in [0.25, 0.3) is 0 Å². The van der Waals surface area contributed by atoms with Crippen molar-refractivity contribution in [3.8, 4) is 0 Å². The van der Waals surface area contributed by atoms with Crippen molar-refractivity contribution in [3.63, 3.8) is 0 Å². The van der Waals surface area contributed by atoms with Crippen molar-refractivity contribution in [3.05, 3.63) is 64.7 Å². The van der Waals surface area contributed by atoms with Crippen LogP contribution in [0.3, 0.4) is 0 Å². The van der Waals surface area contributed by atoms with Crippen LogP contribution in [-0.4, -0.2) is 18.3 Å². The van der Waals surface area contributed by atoms with Crippen molar-refractivity contribution in [2.24, 2.45) is 11.5 Å². The molecule has 0 heterocycles. The van der Waals surface area contributed by atoms with Crippen LogP contribution in [-0.2, 0) is 0 Å². The molecule has 0 aromatic heterocycles. The molecule has 118 valence electrons. The van der Waals surface area contributed by atoms with Crippen molar-refractivity contribution < 1.29 is 0 Å². The van der Waals surface area contributed by atoms with Gasteiger partial charge in [-0.05, 0) is 48.2 Å². The molecule has 0 aliphatic carbocycles. The first-order valence-electron chi connectivity index (χ1n) is 7.55. The zero-order chi connectivity index (χ0) is 16.1. The minimum absolute atomic E-state index is 0.0414. The van der Waals surface area contributed by atoms with Gasteiger partial charge >= 0.3 is 0 Å². The number of nitrogens with two attached hydrogens (primary N) is 2. The van der Waals surface area contributed by atoms with Gasteiger partial charge in [0.15, 0.2) is 0 Å². The van der Waals surface area contributed by atoms with Crippen LogP contribution < -0.4 is 16.8 Å². The second-order valence-corrected chi connectivity index (χ2v) is 6.08. The van der Waals surface area contributed by atoms with E-state index in [-0.39, 0.29) is 12.1 Å². The number of nitrogens with one attached hydrogen (secondary N) is 1. The van der Waals surface area contributed by atoms with Crippen LogP contribution in [0.2, 0.25) is 0 Å². The lowest BCUT2D eigenvalue weighted by molar-refractivity contribution is 0.792. The molecule has 0 spiro atoms. The molecule has 0 bridgehead atoms. The smallest absolute Gasteiger partial charge is 0.0555 e. The van der Waals surface area contributed by atoms with Gasteiger partial charge in [-0.15, -0.1) is 0 Å². The fourth-order valence-corrected chi connectivity index (χ4v) is 2.57. The van der Waals surface area contributed by atoms with Crippen LogP contribution in [0.1, 0.15) is 28.3 Å². The topological polar surface area (TPSA) is 64.1 Å². The van der Waals surface area contributed by atoms with Gasteiger partial charge in [0.2, 0.25) is 0 Å². The monoisotopic (exact) mass is 315 g/mol. The molecule has 0 amide bonds. The van der Waals surface area contributed by atoms with E-state index in [1.54, 1.807) is 0 Å².